The largest absolute Gasteiger partial charge is 0.497 e. The van der Waals surface area contributed by atoms with Gasteiger partial charge in [-0.15, -0.1) is 0 Å². The second-order valence-corrected chi connectivity index (χ2v) is 21.2. The molecule has 1 atom stereocenters. The second-order valence-electron chi connectivity index (χ2n) is 20.8. The molecule has 0 radical (unpaired) electrons. The summed E-state index contributed by atoms with van der Waals surface area (Å²) in [4.78, 5) is 27.9. The molecule has 440 valence electrons. The maximum absolute atomic E-state index is 18.6. The smallest absolute Gasteiger partial charge is 0.418 e. The second kappa shape index (κ2) is 26.2. The average molecular weight is 1170 g/mol. The van der Waals surface area contributed by atoms with Crippen molar-refractivity contribution in [2.75, 3.05) is 89.6 Å². The van der Waals surface area contributed by atoms with E-state index in [1.807, 2.05) is 102 Å². The molecule has 5 aromatic carbocycles. The third-order valence-corrected chi connectivity index (χ3v) is 15.8. The zero-order valence-electron chi connectivity index (χ0n) is 48.0. The summed E-state index contributed by atoms with van der Waals surface area (Å²) in [6, 6.07) is 34.9. The minimum Gasteiger partial charge on any atom is -0.497 e. The van der Waals surface area contributed by atoms with Crippen LogP contribution in [0.2, 0.25) is 5.02 Å². The quantitative estimate of drug-likeness (QED) is 0.0597. The van der Waals surface area contributed by atoms with Gasteiger partial charge in [-0.3, -0.25) is 0 Å². The molecule has 15 nitrogen and oxygen atoms in total. The number of methoxy groups -OCH3 is 5. The zero-order chi connectivity index (χ0) is 59.1. The van der Waals surface area contributed by atoms with Crippen molar-refractivity contribution in [2.45, 2.75) is 71.2 Å². The Bertz CT molecular complexity index is 3440. The van der Waals surface area contributed by atoms with Crippen LogP contribution in [-0.2, 0) is 37.1 Å². The number of hydrogen-bond donors (Lipinski definition) is 0. The highest BCUT2D eigenvalue weighted by atomic mass is 35.5. The number of aryl methyl sites for hydroxylation is 1. The molecule has 5 heterocycles. The van der Waals surface area contributed by atoms with E-state index < -0.39 is 39.9 Å². The molecule has 2 aliphatic rings. The number of piperidine rings is 1. The van der Waals surface area contributed by atoms with Crippen LogP contribution in [0.3, 0.4) is 0 Å². The Labute approximate surface area is 491 Å². The third kappa shape index (κ3) is 13.1. The first-order chi connectivity index (χ1) is 40.7. The lowest BCUT2D eigenvalue weighted by Gasteiger charge is -2.34. The average Bonchev–Trinajstić information content (AvgIpc) is 2.79. The summed E-state index contributed by atoms with van der Waals surface area (Å²) in [7, 11) is 8.04. The summed E-state index contributed by atoms with van der Waals surface area (Å²) >= 11 is 7.42. The molecule has 84 heavy (non-hydrogen) atoms. The standard InChI is InChI=1S/C64H67ClF4N8O7/c1-40-35-52(75(36-42-10-18-46(79-4)19-11-42)37-43-12-20-47(80-5)21-13-43)71-58(55(40)64(67,68)69)53-56(65)60-54-59(57(53)66)72-63(84-50-26-29-74(30-27-50)31-33-78-3)73-62(54)77(32-34-83-60)41(2)51-9-8-28-70-61(51)76(38-44-14-22-48(81-6)23-15-44)39-45-16-24-49(82-7)25-17-45/h8-25,28,35,41,50H,26-27,29-34,36-39H2,1-7H3/t41-/m1/s1. The van der Waals surface area contributed by atoms with Gasteiger partial charge >= 0.3 is 12.2 Å². The molecule has 8 aromatic rings. The highest BCUT2D eigenvalue weighted by Crippen LogP contribution is 2.52. The van der Waals surface area contributed by atoms with Crippen LogP contribution in [-0.4, -0.2) is 106 Å². The normalized spacial score (nSPS) is 14.2. The van der Waals surface area contributed by atoms with Gasteiger partial charge in [-0.05, 0) is 115 Å². The van der Waals surface area contributed by atoms with Crippen molar-refractivity contribution in [1.29, 1.82) is 0 Å². The fourth-order valence-corrected chi connectivity index (χ4v) is 11.3. The van der Waals surface area contributed by atoms with Crippen molar-refractivity contribution in [3.8, 4) is 46.0 Å². The number of ether oxygens (including phenoxy) is 7. The molecule has 0 unspecified atom stereocenters. The van der Waals surface area contributed by atoms with Crippen molar-refractivity contribution >= 4 is 40.0 Å². The van der Waals surface area contributed by atoms with Crippen molar-refractivity contribution in [3.05, 3.63) is 171 Å². The van der Waals surface area contributed by atoms with Crippen molar-refractivity contribution in [2.24, 2.45) is 0 Å². The van der Waals surface area contributed by atoms with E-state index in [0.717, 1.165) is 45.9 Å². The van der Waals surface area contributed by atoms with Gasteiger partial charge in [0.25, 0.3) is 0 Å². The molecule has 3 aromatic heterocycles. The lowest BCUT2D eigenvalue weighted by molar-refractivity contribution is -0.137. The molecule has 10 rings (SSSR count). The van der Waals surface area contributed by atoms with Crippen LogP contribution in [0.15, 0.2) is 121 Å². The Hall–Kier alpha value is -8.13. The van der Waals surface area contributed by atoms with Gasteiger partial charge in [-0.25, -0.2) is 14.4 Å². The fraction of sp³-hybridized carbons (Fsp3) is 0.344. The number of anilines is 3. The Kier molecular flexibility index (Phi) is 18.4. The van der Waals surface area contributed by atoms with Crippen molar-refractivity contribution < 1.29 is 50.7 Å². The Morgan fingerprint density at radius 1 is 0.702 bits per heavy atom. The SMILES string of the molecule is COCCN1CCC(Oc2nc3c4c(c(Cl)c(-c5nc(N(Cc6ccc(OC)cc6)Cc6ccc(OC)cc6)cc(C)c5C(F)(F)F)c(F)c4n2)OCCN3[C@H](C)c2cccnc2N(Cc2ccc(OC)cc2)Cc2ccc(OC)cc2)CC1. The summed E-state index contributed by atoms with van der Waals surface area (Å²) in [6.45, 7) is 7.50. The van der Waals surface area contributed by atoms with Crippen LogP contribution in [0.4, 0.5) is 35.0 Å². The van der Waals surface area contributed by atoms with Crippen LogP contribution < -0.4 is 43.1 Å². The maximum Gasteiger partial charge on any atom is 0.418 e. The van der Waals surface area contributed by atoms with E-state index in [9.17, 15) is 0 Å². The molecule has 1 saturated heterocycles. The van der Waals surface area contributed by atoms with Crippen LogP contribution >= 0.6 is 11.6 Å². The number of halogens is 5. The lowest BCUT2D eigenvalue weighted by atomic mass is 9.98. The summed E-state index contributed by atoms with van der Waals surface area (Å²) in [5.74, 6) is 2.47. The van der Waals surface area contributed by atoms with E-state index in [1.165, 1.54) is 13.0 Å². The Balaban J connectivity index is 1.13. The highest BCUT2D eigenvalue weighted by molar-refractivity contribution is 6.36. The van der Waals surface area contributed by atoms with E-state index in [-0.39, 0.29) is 72.2 Å². The molecule has 0 amide bonds. The van der Waals surface area contributed by atoms with Crippen molar-refractivity contribution in [3.63, 3.8) is 0 Å². The maximum atomic E-state index is 18.6. The monoisotopic (exact) mass is 1170 g/mol. The van der Waals surface area contributed by atoms with Gasteiger partial charge in [0.2, 0.25) is 0 Å². The van der Waals surface area contributed by atoms with Crippen LogP contribution in [0.25, 0.3) is 22.2 Å². The number of hydrogen-bond acceptors (Lipinski definition) is 15. The summed E-state index contributed by atoms with van der Waals surface area (Å²) in [5, 5.41) is -0.358. The van der Waals surface area contributed by atoms with E-state index >= 15 is 17.6 Å². The number of rotatable bonds is 22. The topological polar surface area (TPSA) is 129 Å². The van der Waals surface area contributed by atoms with E-state index in [1.54, 1.807) is 66.0 Å². The molecule has 0 spiro atoms. The highest BCUT2D eigenvalue weighted by Gasteiger charge is 2.41. The Morgan fingerprint density at radius 3 is 1.73 bits per heavy atom. The molecule has 0 saturated carbocycles. The summed E-state index contributed by atoms with van der Waals surface area (Å²) < 4.78 is 106. The molecular weight excluding hydrogens is 1100 g/mol. The van der Waals surface area contributed by atoms with Crippen molar-refractivity contribution in [1.82, 2.24) is 24.8 Å². The molecule has 0 N–H and O–H groups in total. The molecule has 20 heteroatoms. The molecule has 0 bridgehead atoms. The van der Waals surface area contributed by atoms with Crippen LogP contribution in [0, 0.1) is 12.7 Å². The van der Waals surface area contributed by atoms with E-state index in [4.69, 9.17) is 64.7 Å². The first kappa shape index (κ1) is 59.0. The first-order valence-electron chi connectivity index (χ1n) is 27.7. The van der Waals surface area contributed by atoms with Gasteiger partial charge in [0.15, 0.2) is 11.6 Å². The van der Waals surface area contributed by atoms with Gasteiger partial charge in [0.05, 0.1) is 74.9 Å². The molecular formula is C64H67ClF4N8O7. The lowest BCUT2D eigenvalue weighted by Crippen LogP contribution is -2.40. The van der Waals surface area contributed by atoms with Crippen LogP contribution in [0.1, 0.15) is 64.8 Å². The number of alkyl halides is 3. The van der Waals surface area contributed by atoms with Gasteiger partial charge in [0, 0.05) is 64.7 Å². The predicted octanol–water partition coefficient (Wildman–Crippen LogP) is 13.1. The predicted molar refractivity (Wildman–Crippen MR) is 317 cm³/mol. The Morgan fingerprint density at radius 2 is 1.23 bits per heavy atom. The third-order valence-electron chi connectivity index (χ3n) is 15.4. The fourth-order valence-electron chi connectivity index (χ4n) is 10.9. The summed E-state index contributed by atoms with van der Waals surface area (Å²) in [5.41, 5.74) is 1.34. The molecule has 0 aliphatic carbocycles. The number of likely N-dealkylation sites (tertiary alicyclic amines) is 1. The number of benzene rings is 5. The molecule has 2 aliphatic heterocycles. The number of pyridine rings is 2. The minimum atomic E-state index is -5.02. The van der Waals surface area contributed by atoms with Gasteiger partial charge in [0.1, 0.15) is 58.7 Å². The number of aromatic nitrogens is 4. The van der Waals surface area contributed by atoms with Gasteiger partial charge in [-0.2, -0.15) is 23.1 Å². The summed E-state index contributed by atoms with van der Waals surface area (Å²) in [6.07, 6.45) is -2.44. The zero-order valence-corrected chi connectivity index (χ0v) is 48.8. The van der Waals surface area contributed by atoms with E-state index in [2.05, 4.69) is 9.80 Å². The van der Waals surface area contributed by atoms with Gasteiger partial charge in [-0.1, -0.05) is 66.2 Å². The first-order valence-corrected chi connectivity index (χ1v) is 28.1. The van der Waals surface area contributed by atoms with E-state index in [0.29, 0.717) is 62.9 Å². The van der Waals surface area contributed by atoms with Gasteiger partial charge < -0.3 is 52.8 Å². The molecule has 1 fully saturated rings. The van der Waals surface area contributed by atoms with Crippen LogP contribution in [0.5, 0.6) is 34.8 Å². The number of nitrogens with zero attached hydrogens (tertiary/aromatic N) is 8. The minimum absolute atomic E-state index is 0.0378.